The van der Waals surface area contributed by atoms with Crippen LogP contribution in [0.25, 0.3) is 0 Å². The van der Waals surface area contributed by atoms with Gasteiger partial charge in [0.05, 0.1) is 17.8 Å². The summed E-state index contributed by atoms with van der Waals surface area (Å²) in [5.41, 5.74) is 5.03. The maximum absolute atomic E-state index is 9.98. The molecule has 96 valence electrons. The van der Waals surface area contributed by atoms with Crippen LogP contribution in [0.1, 0.15) is 0 Å². The molecule has 13 N–H and O–H groups in total. The Balaban J connectivity index is -0.0000000833. The van der Waals surface area contributed by atoms with Crippen molar-refractivity contribution in [2.75, 3.05) is 11.5 Å². The first-order valence-electron chi connectivity index (χ1n) is 2.80. The second-order valence-electron chi connectivity index (χ2n) is 1.83. The van der Waals surface area contributed by atoms with Gasteiger partial charge < -0.3 is 43.3 Å². The standard InChI is InChI=1S/C5H9NO4S.H3N.3H2O/c6-3(5(9)10)1-11-2-4(7)8;;;;/h3H,1-2,6H2,(H,7,8)(H,9,10);1H3;3*1H2/t3-;;;;/m1..../s1. The van der Waals surface area contributed by atoms with Crippen molar-refractivity contribution in [2.45, 2.75) is 6.04 Å². The van der Waals surface area contributed by atoms with Crippen molar-refractivity contribution in [3.8, 4) is 0 Å². The van der Waals surface area contributed by atoms with Gasteiger partial charge in [-0.15, -0.1) is 11.8 Å². The Kier molecular flexibility index (Phi) is 30.3. The van der Waals surface area contributed by atoms with E-state index in [2.05, 4.69) is 0 Å². The number of nitrogens with two attached hydrogens (primary N) is 1. The number of aliphatic carboxylic acids is 2. The molecule has 15 heavy (non-hydrogen) atoms. The van der Waals surface area contributed by atoms with E-state index in [-0.39, 0.29) is 34.1 Å². The van der Waals surface area contributed by atoms with Gasteiger partial charge >= 0.3 is 5.97 Å². The fourth-order valence-electron chi connectivity index (χ4n) is 0.341. The summed E-state index contributed by atoms with van der Waals surface area (Å²) in [6.45, 7) is 0. The van der Waals surface area contributed by atoms with Crippen molar-refractivity contribution >= 4 is 23.7 Å². The smallest absolute Gasteiger partial charge is 0.313 e. The predicted molar refractivity (Wildman–Crippen MR) is 54.8 cm³/mol. The van der Waals surface area contributed by atoms with E-state index in [9.17, 15) is 14.7 Å². The lowest BCUT2D eigenvalue weighted by molar-refractivity contribution is -0.306. The van der Waals surface area contributed by atoms with E-state index < -0.39 is 18.0 Å². The maximum atomic E-state index is 9.98. The van der Waals surface area contributed by atoms with Crippen molar-refractivity contribution in [3.05, 3.63) is 0 Å². The molecule has 0 bridgehead atoms. The van der Waals surface area contributed by atoms with Gasteiger partial charge in [0, 0.05) is 5.75 Å². The Morgan fingerprint density at radius 3 is 2.00 bits per heavy atom. The van der Waals surface area contributed by atoms with Crippen molar-refractivity contribution in [1.29, 1.82) is 0 Å². The molecule has 1 atom stereocenters. The molecule has 0 aromatic carbocycles. The first-order chi connectivity index (χ1) is 5.04. The zero-order valence-corrected chi connectivity index (χ0v) is 8.97. The van der Waals surface area contributed by atoms with Gasteiger partial charge in [0.2, 0.25) is 0 Å². The summed E-state index contributed by atoms with van der Waals surface area (Å²) in [5, 5.41) is 18.1. The molecular formula is C5H18N2O7S. The lowest BCUT2D eigenvalue weighted by Crippen LogP contribution is -2.43. The SMILES string of the molecule is N[C@H](CSCC(=O)O)C(=O)[O-].O.O.O.[NH4+]. The largest absolute Gasteiger partial charge is 0.548 e. The summed E-state index contributed by atoms with van der Waals surface area (Å²) < 4.78 is 0. The van der Waals surface area contributed by atoms with Gasteiger partial charge in [-0.25, -0.2) is 0 Å². The van der Waals surface area contributed by atoms with E-state index in [4.69, 9.17) is 10.8 Å². The molecule has 10 heteroatoms. The molecule has 0 rings (SSSR count). The molecule has 0 amide bonds. The zero-order chi connectivity index (χ0) is 8.85. The normalized spacial score (nSPS) is 9.13. The molecule has 0 aliphatic carbocycles. The summed E-state index contributed by atoms with van der Waals surface area (Å²) in [7, 11) is 0. The van der Waals surface area contributed by atoms with E-state index in [0.29, 0.717) is 0 Å². The molecule has 9 nitrogen and oxygen atoms in total. The third-order valence-electron chi connectivity index (χ3n) is 0.826. The van der Waals surface area contributed by atoms with Gasteiger partial charge in [-0.2, -0.15) is 0 Å². The van der Waals surface area contributed by atoms with Gasteiger partial charge in [0.15, 0.2) is 0 Å². The highest BCUT2D eigenvalue weighted by atomic mass is 32.2. The Morgan fingerprint density at radius 1 is 1.33 bits per heavy atom. The van der Waals surface area contributed by atoms with Crippen LogP contribution in [-0.2, 0) is 9.59 Å². The fourth-order valence-corrected chi connectivity index (χ4v) is 1.02. The Morgan fingerprint density at radius 2 is 1.73 bits per heavy atom. The summed E-state index contributed by atoms with van der Waals surface area (Å²) in [5.74, 6) is -2.42. The van der Waals surface area contributed by atoms with Crippen LogP contribution in [-0.4, -0.2) is 51.0 Å². The lowest BCUT2D eigenvalue weighted by atomic mass is 10.4. The highest BCUT2D eigenvalue weighted by Gasteiger charge is 2.04. The third-order valence-corrected chi connectivity index (χ3v) is 1.87. The van der Waals surface area contributed by atoms with Crippen LogP contribution in [0.3, 0.4) is 0 Å². The van der Waals surface area contributed by atoms with E-state index in [1.807, 2.05) is 0 Å². The molecule has 0 aliphatic heterocycles. The van der Waals surface area contributed by atoms with Crippen molar-refractivity contribution < 1.29 is 36.2 Å². The van der Waals surface area contributed by atoms with Crippen LogP contribution in [0.4, 0.5) is 0 Å². The van der Waals surface area contributed by atoms with E-state index in [0.717, 1.165) is 11.8 Å². The highest BCUT2D eigenvalue weighted by Crippen LogP contribution is 2.00. The maximum Gasteiger partial charge on any atom is 0.313 e. The fraction of sp³-hybridized carbons (Fsp3) is 0.600. The summed E-state index contributed by atoms with van der Waals surface area (Å²) in [4.78, 5) is 19.9. The number of carbonyl (C=O) groups is 2. The highest BCUT2D eigenvalue weighted by molar-refractivity contribution is 8.00. The van der Waals surface area contributed by atoms with Gasteiger partial charge in [0.1, 0.15) is 0 Å². The van der Waals surface area contributed by atoms with E-state index in [1.54, 1.807) is 0 Å². The van der Waals surface area contributed by atoms with Crippen LogP contribution in [0, 0.1) is 0 Å². The zero-order valence-electron chi connectivity index (χ0n) is 8.15. The number of thioether (sulfide) groups is 1. The molecule has 0 fully saturated rings. The molecule has 0 unspecified atom stereocenters. The summed E-state index contributed by atoms with van der Waals surface area (Å²) in [6.07, 6.45) is 0. The van der Waals surface area contributed by atoms with Gasteiger partial charge in [-0.05, 0) is 0 Å². The van der Waals surface area contributed by atoms with Gasteiger partial charge in [0.25, 0.3) is 0 Å². The number of carbonyl (C=O) groups excluding carboxylic acids is 1. The third kappa shape index (κ3) is 19.5. The number of quaternary nitrogens is 1. The quantitative estimate of drug-likeness (QED) is 0.436. The number of hydrogen-bond donors (Lipinski definition) is 3. The summed E-state index contributed by atoms with van der Waals surface area (Å²) in [6, 6.07) is -1.08. The molecule has 0 radical (unpaired) electrons. The molecule has 0 aromatic rings. The predicted octanol–water partition coefficient (Wildman–Crippen LogP) is -4.22. The number of carboxylic acids is 2. The van der Waals surface area contributed by atoms with Crippen molar-refractivity contribution in [2.24, 2.45) is 5.73 Å². The Labute approximate surface area is 90.2 Å². The Hall–Kier alpha value is -0.910. The lowest BCUT2D eigenvalue weighted by Gasteiger charge is -2.10. The van der Waals surface area contributed by atoms with Crippen LogP contribution in [0.2, 0.25) is 0 Å². The average Bonchev–Trinajstić information content (AvgIpc) is 1.86. The molecule has 0 saturated carbocycles. The molecule has 0 aromatic heterocycles. The van der Waals surface area contributed by atoms with E-state index >= 15 is 0 Å². The van der Waals surface area contributed by atoms with Crippen LogP contribution in [0.15, 0.2) is 0 Å². The minimum atomic E-state index is -1.36. The van der Waals surface area contributed by atoms with E-state index in [1.165, 1.54) is 0 Å². The molecule has 0 aliphatic rings. The molecular weight excluding hydrogens is 232 g/mol. The minimum Gasteiger partial charge on any atom is -0.548 e. The number of rotatable bonds is 5. The van der Waals surface area contributed by atoms with Gasteiger partial charge in [-0.1, -0.05) is 0 Å². The monoisotopic (exact) mass is 250 g/mol. The first-order valence-corrected chi connectivity index (χ1v) is 3.95. The number of carboxylic acid groups (broad SMARTS) is 2. The van der Waals surface area contributed by atoms with Crippen LogP contribution < -0.4 is 17.0 Å². The van der Waals surface area contributed by atoms with Crippen LogP contribution >= 0.6 is 11.8 Å². The van der Waals surface area contributed by atoms with Crippen LogP contribution in [0.5, 0.6) is 0 Å². The minimum absolute atomic E-state index is 0. The molecule has 0 saturated heterocycles. The average molecular weight is 250 g/mol. The molecule has 0 heterocycles. The second-order valence-corrected chi connectivity index (χ2v) is 2.86. The van der Waals surface area contributed by atoms with Gasteiger partial charge in [-0.3, -0.25) is 4.79 Å². The number of hydrogen-bond acceptors (Lipinski definition) is 5. The first kappa shape index (κ1) is 29.2. The topological polar surface area (TPSA) is 234 Å². The van der Waals surface area contributed by atoms with Crippen molar-refractivity contribution in [3.63, 3.8) is 0 Å². The van der Waals surface area contributed by atoms with Crippen molar-refractivity contribution in [1.82, 2.24) is 6.15 Å². The summed E-state index contributed by atoms with van der Waals surface area (Å²) >= 11 is 0.952. The molecule has 0 spiro atoms. The second kappa shape index (κ2) is 15.6. The Bertz CT molecular complexity index is 167.